The highest BCUT2D eigenvalue weighted by molar-refractivity contribution is 7.91. The maximum Gasteiger partial charge on any atom is 0.347 e. The van der Waals surface area contributed by atoms with Crippen LogP contribution in [0.4, 0.5) is 40.1 Å². The van der Waals surface area contributed by atoms with Crippen molar-refractivity contribution in [2.75, 3.05) is 102 Å². The minimum Gasteiger partial charge on any atom is -0.379 e. The topological polar surface area (TPSA) is 555 Å². The fourth-order valence-electron chi connectivity index (χ4n) is 18.9. The number of sulfonamides is 4. The van der Waals surface area contributed by atoms with Gasteiger partial charge in [-0.05, 0) is 278 Å². The van der Waals surface area contributed by atoms with Crippen molar-refractivity contribution >= 4 is 147 Å². The monoisotopic (exact) mass is 2160 g/mol. The number of anilines is 2. The van der Waals surface area contributed by atoms with Gasteiger partial charge in [-0.25, -0.2) is 103 Å². The van der Waals surface area contributed by atoms with Crippen LogP contribution in [0, 0.1) is 25.7 Å². The Kier molecular flexibility index (Phi) is 36.9. The first-order chi connectivity index (χ1) is 70.0. The normalized spacial score (nSPS) is 17.2. The van der Waals surface area contributed by atoms with E-state index in [1.165, 1.54) is 141 Å². The van der Waals surface area contributed by atoms with Crippen LogP contribution >= 0.6 is 11.6 Å². The number of morpholine rings is 1. The third kappa shape index (κ3) is 29.6. The highest BCUT2D eigenvalue weighted by Gasteiger charge is 2.38. The number of nitrogens with one attached hydrogen (secondary N) is 13. The van der Waals surface area contributed by atoms with Crippen LogP contribution in [0.15, 0.2) is 176 Å². The van der Waals surface area contributed by atoms with Crippen molar-refractivity contribution in [3.63, 3.8) is 0 Å². The van der Waals surface area contributed by atoms with Gasteiger partial charge in [0.25, 0.3) is 46.0 Å². The van der Waals surface area contributed by atoms with Crippen molar-refractivity contribution < 1.29 is 93.3 Å². The zero-order valence-electron chi connectivity index (χ0n) is 82.4. The summed E-state index contributed by atoms with van der Waals surface area (Å²) in [5.41, 5.74) is 25.5. The summed E-state index contributed by atoms with van der Waals surface area (Å²) in [4.78, 5) is 84.6. The molecule has 0 radical (unpaired) electrons. The van der Waals surface area contributed by atoms with Gasteiger partial charge in [-0.1, -0.05) is 114 Å². The Morgan fingerprint density at radius 3 is 1.31 bits per heavy atom. The van der Waals surface area contributed by atoms with Gasteiger partial charge < -0.3 is 25.2 Å². The zero-order valence-corrected chi connectivity index (χ0v) is 88.1. The number of para-hydroxylation sites is 2. The van der Waals surface area contributed by atoms with Crippen molar-refractivity contribution in [3.05, 3.63) is 224 Å². The van der Waals surface area contributed by atoms with E-state index >= 15 is 0 Å². The molecule has 1 saturated carbocycles. The molecule has 2 unspecified atom stereocenters. The number of aromatic nitrogens is 4. The van der Waals surface area contributed by atoms with Crippen molar-refractivity contribution in [3.8, 4) is 0 Å². The fraction of sp³-hybridized carbons (Fsp3) is 0.433. The molecule has 3 aromatic heterocycles. The van der Waals surface area contributed by atoms with Gasteiger partial charge in [0.15, 0.2) is 10.7 Å². The molecule has 4 aliphatic heterocycles. The lowest BCUT2D eigenvalue weighted by molar-refractivity contribution is 0.0726. The van der Waals surface area contributed by atoms with Gasteiger partial charge in [0.1, 0.15) is 5.76 Å². The molecular formula is C97H125ClN22O21S6. The molecule has 43 nitrogen and oxygen atoms in total. The molecule has 0 spiro atoms. The van der Waals surface area contributed by atoms with Crippen LogP contribution in [0.2, 0.25) is 5.02 Å². The molecule has 147 heavy (non-hydrogen) atoms. The van der Waals surface area contributed by atoms with E-state index in [-0.39, 0.29) is 50.4 Å². The Morgan fingerprint density at radius 1 is 0.449 bits per heavy atom. The van der Waals surface area contributed by atoms with Gasteiger partial charge in [0.2, 0.25) is 0 Å². The first kappa shape index (κ1) is 110. The number of carbonyl (C=O) groups is 7. The van der Waals surface area contributed by atoms with E-state index in [0.717, 1.165) is 190 Å². The summed E-state index contributed by atoms with van der Waals surface area (Å²) in [6, 6.07) is 36.3. The number of benzene rings is 7. The molecule has 792 valence electrons. The molecular weight excluding hydrogens is 2040 g/mol. The SMILES string of the molecule is CC(C)n1ccc(S(=O)(=O)NC(=O)Nn2c3ccccc3c3ccccc32)n1.CN(C)S(=O)(=O)NC(=O)Nc1c2c(cc3c1CCC3)CCC2.Cc1cc(C(=O)NCCc2ccc(S(=O)(=O)NC(=O)NN3CCCCCC3)cc2)no1.Cc1ccc(S(=O)(=O)NC(=O)NN2CC3CCCC3C2)cc1.O=C(NN1CCCC1)NS(=O)(=O)c1ccc(Cl)cc1.O=C(Nc1c2c(cc3c1CCC3)CCC2)NS(=O)(=O)N1CCOCC1. The molecule has 7 heterocycles. The van der Waals surface area contributed by atoms with Crippen LogP contribution < -0.4 is 66.0 Å². The van der Waals surface area contributed by atoms with E-state index in [1.54, 1.807) is 58.1 Å². The van der Waals surface area contributed by atoms with Crippen molar-refractivity contribution in [2.24, 2.45) is 11.8 Å². The molecule has 13 N–H and O–H groups in total. The molecule has 5 aliphatic carbocycles. The lowest BCUT2D eigenvalue weighted by atomic mass is 9.99. The second kappa shape index (κ2) is 49.2. The smallest absolute Gasteiger partial charge is 0.347 e. The Bertz CT molecular complexity index is 7050. The Morgan fingerprint density at radius 2 is 0.871 bits per heavy atom. The highest BCUT2D eigenvalue weighted by atomic mass is 35.5. The number of fused-ring (bicyclic) bond motifs is 8. The van der Waals surface area contributed by atoms with Crippen LogP contribution in [-0.4, -0.2) is 222 Å². The van der Waals surface area contributed by atoms with Crippen LogP contribution in [0.25, 0.3) is 21.8 Å². The summed E-state index contributed by atoms with van der Waals surface area (Å²) in [5, 5.41) is 23.4. The number of urea groups is 6. The number of aryl methyl sites for hydroxylation is 6. The van der Waals surface area contributed by atoms with E-state index in [0.29, 0.717) is 61.9 Å². The first-order valence-electron chi connectivity index (χ1n) is 48.8. The van der Waals surface area contributed by atoms with E-state index in [1.807, 2.05) is 93.2 Å². The summed E-state index contributed by atoms with van der Waals surface area (Å²) < 4.78 is 174. The maximum atomic E-state index is 12.5. The summed E-state index contributed by atoms with van der Waals surface area (Å²) in [6.07, 6.45) is 24.1. The number of hydrazine groups is 3. The standard InChI is InChI=1S/C20H27N5O5S.C19H19N5O3S.C17H23N3O4S.2C15H21N3O3S.C11H14ClN3O3S/c1-15-14-18(23-30-15)19(26)21-11-10-16-6-8-17(9-7-16)31(28,29)24-20(27)22-25-12-4-2-3-5-13-25;1-13(2)23-12-11-18(20-23)28(26,27)22-19(25)21-24-16-9-5-3-7-14(16)15-8-4-6-10-17(15)24;21-17(19-25(22,23)20-7-9-24-10-8-20)18-16-14-5-1-3-12(14)11-13-4-2-6-15(13)16;1-18(2)22(20,21)17-15(19)16-14-12-7-3-5-10(12)9-11-6-4-8-13(11)14;1-11-5-7-14(8-6-11)22(20,21)17-15(19)16-18-9-12-3-2-4-13(12)10-18;12-9-3-5-10(6-4-9)19(17,18)14-11(16)13-15-7-1-2-8-15/h6-9,14H,2-5,10-13H2,1H3,(H,21,26)(H2,22,24,27);3-13H,1-2H3,(H2,21,22,25);11H,1-10H2,(H2,18,19,21);9H,3-8H2,1-2H3,(H2,16,17,19);5-8,12-13H,2-4,9-10H2,1H3,(H2,16,17,19);3-6H,1-2,7-8H2,(H2,13,14,16). The Balaban J connectivity index is 0.000000140. The van der Waals surface area contributed by atoms with Crippen LogP contribution in [0.5, 0.6) is 0 Å². The molecule has 50 heteroatoms. The molecule has 5 fully saturated rings. The van der Waals surface area contributed by atoms with Crippen molar-refractivity contribution in [2.45, 2.75) is 195 Å². The van der Waals surface area contributed by atoms with Crippen molar-refractivity contribution in [1.82, 2.24) is 93.2 Å². The fourth-order valence-corrected chi connectivity index (χ4v) is 24.1. The number of hydrogen-bond acceptors (Lipinski definition) is 26. The number of nitrogens with zero attached hydrogens (tertiary/aromatic N) is 9. The van der Waals surface area contributed by atoms with Crippen LogP contribution in [0.3, 0.4) is 0 Å². The largest absolute Gasteiger partial charge is 0.379 e. The summed E-state index contributed by atoms with van der Waals surface area (Å²) in [6.45, 7) is 13.4. The highest BCUT2D eigenvalue weighted by Crippen LogP contribution is 2.42. The van der Waals surface area contributed by atoms with E-state index in [9.17, 15) is 84.1 Å². The lowest BCUT2D eigenvalue weighted by Crippen LogP contribution is -2.49. The Labute approximate surface area is 860 Å². The molecule has 7 aromatic carbocycles. The summed E-state index contributed by atoms with van der Waals surface area (Å²) in [7, 11) is -20.6. The third-order valence-corrected chi connectivity index (χ3v) is 34.6. The van der Waals surface area contributed by atoms with Crippen LogP contribution in [-0.2, 0) is 123 Å². The first-order valence-corrected chi connectivity index (χ1v) is 58.0. The van der Waals surface area contributed by atoms with Crippen molar-refractivity contribution in [1.29, 1.82) is 0 Å². The average Bonchev–Trinajstić information content (AvgIpc) is 1.59. The van der Waals surface area contributed by atoms with E-state index in [4.69, 9.17) is 20.9 Å². The molecule has 9 aliphatic rings. The lowest BCUT2D eigenvalue weighted by Gasteiger charge is -2.26. The number of hydrogen-bond donors (Lipinski definition) is 13. The Hall–Kier alpha value is -12.4. The van der Waals surface area contributed by atoms with Gasteiger partial charge in [-0.15, -0.1) is 0 Å². The predicted octanol–water partition coefficient (Wildman–Crippen LogP) is 10.9. The van der Waals surface area contributed by atoms with E-state index in [2.05, 4.69) is 69.5 Å². The molecule has 4 saturated heterocycles. The molecule has 10 aromatic rings. The second-order valence-electron chi connectivity index (χ2n) is 37.4. The second-order valence-corrected chi connectivity index (χ2v) is 48.0. The number of ether oxygens (including phenoxy) is 1. The van der Waals surface area contributed by atoms with Gasteiger partial charge in [0, 0.05) is 118 Å². The third-order valence-electron chi connectivity index (χ3n) is 26.2. The molecule has 2 atom stereocenters. The predicted molar refractivity (Wildman–Crippen MR) is 553 cm³/mol. The number of halogens is 1. The summed E-state index contributed by atoms with van der Waals surface area (Å²) in [5.74, 6) is 1.48. The maximum absolute atomic E-state index is 12.5. The quantitative estimate of drug-likeness (QED) is 0.0283. The minimum atomic E-state index is -4.09. The molecule has 13 amide bonds. The summed E-state index contributed by atoms with van der Waals surface area (Å²) >= 11 is 5.68. The van der Waals surface area contributed by atoms with Gasteiger partial charge in [-0.2, -0.15) is 39.0 Å². The number of amides is 13. The average molecular weight is 2160 g/mol. The zero-order chi connectivity index (χ0) is 105. The van der Waals surface area contributed by atoms with Gasteiger partial charge in [0.05, 0.1) is 38.9 Å². The number of carbonyl (C=O) groups excluding carboxylic acids is 7. The number of rotatable bonds is 23. The van der Waals surface area contributed by atoms with E-state index < -0.39 is 96.7 Å². The van der Waals surface area contributed by atoms with Gasteiger partial charge in [-0.3, -0.25) is 30.4 Å². The van der Waals surface area contributed by atoms with Gasteiger partial charge >= 0.3 is 56.6 Å². The van der Waals surface area contributed by atoms with Crippen LogP contribution in [0.1, 0.15) is 175 Å². The molecule has 0 bridgehead atoms. The molecule has 19 rings (SSSR count). The minimum absolute atomic E-state index is 0.00604.